The molecular formula is C26H20N2O6S. The van der Waals surface area contributed by atoms with Gasteiger partial charge in [-0.1, -0.05) is 53.8 Å². The second kappa shape index (κ2) is 9.55. The fourth-order valence-electron chi connectivity index (χ4n) is 3.71. The van der Waals surface area contributed by atoms with E-state index < -0.39 is 11.9 Å². The van der Waals surface area contributed by atoms with Crippen molar-refractivity contribution in [2.24, 2.45) is 4.99 Å². The van der Waals surface area contributed by atoms with Gasteiger partial charge in [-0.2, -0.15) is 4.99 Å². The van der Waals surface area contributed by atoms with Crippen molar-refractivity contribution in [3.8, 4) is 11.5 Å². The van der Waals surface area contributed by atoms with Gasteiger partial charge >= 0.3 is 5.97 Å². The van der Waals surface area contributed by atoms with Crippen molar-refractivity contribution in [2.75, 3.05) is 20.3 Å². The first-order valence-corrected chi connectivity index (χ1v) is 11.6. The van der Waals surface area contributed by atoms with Crippen molar-refractivity contribution >= 4 is 39.2 Å². The summed E-state index contributed by atoms with van der Waals surface area (Å²) in [6.45, 7) is 0.759. The zero-order chi connectivity index (χ0) is 24.4. The molecule has 1 amide bonds. The Hall–Kier alpha value is -4.24. The average molecular weight is 489 g/mol. The van der Waals surface area contributed by atoms with E-state index in [2.05, 4.69) is 4.99 Å². The van der Waals surface area contributed by atoms with Crippen LogP contribution < -0.4 is 14.3 Å². The fourth-order valence-corrected chi connectivity index (χ4v) is 4.75. The van der Waals surface area contributed by atoms with Gasteiger partial charge in [0.2, 0.25) is 0 Å². The van der Waals surface area contributed by atoms with Crippen LogP contribution in [0.4, 0.5) is 0 Å². The highest BCUT2D eigenvalue weighted by Gasteiger charge is 2.19. The largest absolute Gasteiger partial charge is 0.486 e. The highest BCUT2D eigenvalue weighted by Crippen LogP contribution is 2.35. The van der Waals surface area contributed by atoms with Gasteiger partial charge in [-0.25, -0.2) is 0 Å². The van der Waals surface area contributed by atoms with Gasteiger partial charge in [0.1, 0.15) is 19.8 Å². The lowest BCUT2D eigenvalue weighted by molar-refractivity contribution is -0.141. The number of rotatable bonds is 5. The number of carbonyl (C=O) groups is 3. The second-order valence-corrected chi connectivity index (χ2v) is 8.71. The first kappa shape index (κ1) is 22.5. The molecule has 0 fully saturated rings. The van der Waals surface area contributed by atoms with E-state index in [1.54, 1.807) is 59.2 Å². The molecular weight excluding hydrogens is 468 g/mol. The number of amides is 1. The van der Waals surface area contributed by atoms with E-state index in [0.717, 1.165) is 4.70 Å². The molecule has 0 N–H and O–H groups in total. The minimum atomic E-state index is -0.494. The lowest BCUT2D eigenvalue weighted by Crippen LogP contribution is -2.22. The van der Waals surface area contributed by atoms with E-state index in [4.69, 9.17) is 14.2 Å². The highest BCUT2D eigenvalue weighted by molar-refractivity contribution is 7.16. The first-order chi connectivity index (χ1) is 17.0. The molecule has 9 heteroatoms. The number of hydrogen-bond donors (Lipinski definition) is 0. The van der Waals surface area contributed by atoms with E-state index in [9.17, 15) is 14.4 Å². The molecule has 0 atom stereocenters. The smallest absolute Gasteiger partial charge is 0.325 e. The van der Waals surface area contributed by atoms with E-state index in [1.165, 1.54) is 18.4 Å². The maximum atomic E-state index is 13.0. The number of esters is 1. The second-order valence-electron chi connectivity index (χ2n) is 7.70. The summed E-state index contributed by atoms with van der Waals surface area (Å²) >= 11 is 1.26. The van der Waals surface area contributed by atoms with Crippen LogP contribution in [0.25, 0.3) is 10.2 Å². The van der Waals surface area contributed by atoms with Gasteiger partial charge in [0.25, 0.3) is 5.91 Å². The normalized spacial score (nSPS) is 13.0. The summed E-state index contributed by atoms with van der Waals surface area (Å²) in [5.74, 6) is 0.0715. The topological polar surface area (TPSA) is 96.2 Å². The molecule has 35 heavy (non-hydrogen) atoms. The van der Waals surface area contributed by atoms with Crippen LogP contribution in [-0.2, 0) is 16.1 Å². The Morgan fingerprint density at radius 3 is 2.23 bits per heavy atom. The van der Waals surface area contributed by atoms with Crippen LogP contribution in [0.2, 0.25) is 0 Å². The number of fused-ring (bicyclic) bond motifs is 2. The number of methoxy groups -OCH3 is 1. The predicted molar refractivity (Wildman–Crippen MR) is 129 cm³/mol. The molecule has 8 nitrogen and oxygen atoms in total. The molecule has 0 saturated carbocycles. The number of thiazole rings is 1. The summed E-state index contributed by atoms with van der Waals surface area (Å²) in [4.78, 5) is 42.3. The third-order valence-electron chi connectivity index (χ3n) is 5.49. The van der Waals surface area contributed by atoms with E-state index >= 15 is 0 Å². The number of aromatic nitrogens is 1. The Labute approximate surface area is 204 Å². The summed E-state index contributed by atoms with van der Waals surface area (Å²) in [6.07, 6.45) is 0. The number of ketones is 1. The van der Waals surface area contributed by atoms with Crippen molar-refractivity contribution in [3.63, 3.8) is 0 Å². The van der Waals surface area contributed by atoms with Crippen LogP contribution in [-0.4, -0.2) is 42.6 Å². The molecule has 4 aromatic rings. The Bertz CT molecular complexity index is 1500. The Kier molecular flexibility index (Phi) is 6.15. The van der Waals surface area contributed by atoms with Crippen molar-refractivity contribution in [1.82, 2.24) is 4.57 Å². The van der Waals surface area contributed by atoms with Crippen LogP contribution in [0.15, 0.2) is 71.7 Å². The zero-order valence-electron chi connectivity index (χ0n) is 18.7. The van der Waals surface area contributed by atoms with Crippen LogP contribution in [0.3, 0.4) is 0 Å². The summed E-state index contributed by atoms with van der Waals surface area (Å²) in [7, 11) is 1.30. The molecule has 0 unspecified atom stereocenters. The van der Waals surface area contributed by atoms with Crippen molar-refractivity contribution in [3.05, 3.63) is 88.2 Å². The number of benzene rings is 3. The van der Waals surface area contributed by atoms with Crippen LogP contribution in [0.5, 0.6) is 11.5 Å². The zero-order valence-corrected chi connectivity index (χ0v) is 19.5. The minimum Gasteiger partial charge on any atom is -0.486 e. The van der Waals surface area contributed by atoms with E-state index in [-0.39, 0.29) is 12.3 Å². The summed E-state index contributed by atoms with van der Waals surface area (Å²) in [6, 6.07) is 18.9. The van der Waals surface area contributed by atoms with Gasteiger partial charge in [-0.3, -0.25) is 14.4 Å². The Balaban J connectivity index is 1.50. The summed E-state index contributed by atoms with van der Waals surface area (Å²) in [5.41, 5.74) is 2.05. The van der Waals surface area contributed by atoms with Gasteiger partial charge in [0.15, 0.2) is 22.1 Å². The van der Waals surface area contributed by atoms with Crippen LogP contribution in [0.1, 0.15) is 26.3 Å². The van der Waals surface area contributed by atoms with E-state index in [1.807, 2.05) is 12.1 Å². The van der Waals surface area contributed by atoms with Crippen LogP contribution in [0, 0.1) is 0 Å². The molecule has 2 heterocycles. The number of hydrogen-bond acceptors (Lipinski definition) is 7. The monoisotopic (exact) mass is 488 g/mol. The van der Waals surface area contributed by atoms with Gasteiger partial charge < -0.3 is 18.8 Å². The average Bonchev–Trinajstić information content (AvgIpc) is 3.22. The van der Waals surface area contributed by atoms with Gasteiger partial charge in [-0.05, 0) is 12.1 Å². The van der Waals surface area contributed by atoms with Gasteiger partial charge in [0.05, 0.1) is 17.3 Å². The Morgan fingerprint density at radius 2 is 1.54 bits per heavy atom. The van der Waals surface area contributed by atoms with Crippen molar-refractivity contribution in [1.29, 1.82) is 0 Å². The lowest BCUT2D eigenvalue weighted by Gasteiger charge is -2.18. The maximum absolute atomic E-state index is 13.0. The lowest BCUT2D eigenvalue weighted by atomic mass is 10.0. The molecule has 1 aliphatic heterocycles. The van der Waals surface area contributed by atoms with Gasteiger partial charge in [0, 0.05) is 28.8 Å². The van der Waals surface area contributed by atoms with Crippen molar-refractivity contribution in [2.45, 2.75) is 6.54 Å². The number of carbonyl (C=O) groups excluding carboxylic acids is 3. The highest BCUT2D eigenvalue weighted by atomic mass is 32.1. The first-order valence-electron chi connectivity index (χ1n) is 10.8. The minimum absolute atomic E-state index is 0.118. The molecule has 1 aliphatic rings. The van der Waals surface area contributed by atoms with Crippen LogP contribution >= 0.6 is 11.3 Å². The third-order valence-corrected chi connectivity index (χ3v) is 6.53. The van der Waals surface area contributed by atoms with E-state index in [0.29, 0.717) is 51.7 Å². The molecule has 3 aromatic carbocycles. The molecule has 1 aromatic heterocycles. The van der Waals surface area contributed by atoms with Gasteiger partial charge in [-0.15, -0.1) is 0 Å². The molecule has 5 rings (SSSR count). The maximum Gasteiger partial charge on any atom is 0.325 e. The van der Waals surface area contributed by atoms with Crippen molar-refractivity contribution < 1.29 is 28.6 Å². The molecule has 0 aliphatic carbocycles. The molecule has 0 saturated heterocycles. The molecule has 0 spiro atoms. The third kappa shape index (κ3) is 4.58. The SMILES string of the molecule is COC(=O)Cn1c(=NC(=O)c2ccc(C(=O)c3ccccc3)cc2)sc2cc3c(cc21)OCCO3. The quantitative estimate of drug-likeness (QED) is 0.315. The predicted octanol–water partition coefficient (Wildman–Crippen LogP) is 3.62. The summed E-state index contributed by atoms with van der Waals surface area (Å²) in [5, 5.41) is 0. The fraction of sp³-hybridized carbons (Fsp3) is 0.154. The number of ether oxygens (including phenoxy) is 3. The summed E-state index contributed by atoms with van der Waals surface area (Å²) < 4.78 is 18.6. The molecule has 0 bridgehead atoms. The Morgan fingerprint density at radius 1 is 0.914 bits per heavy atom. The molecule has 0 radical (unpaired) electrons. The standard InChI is InChI=1S/C26H20N2O6S/c1-32-23(29)15-28-19-13-20-21(34-12-11-33-20)14-22(19)35-26(28)27-25(31)18-9-7-17(8-10-18)24(30)16-5-3-2-4-6-16/h2-10,13-14H,11-12,15H2,1H3. The molecule has 176 valence electrons. The number of nitrogens with zero attached hydrogens (tertiary/aromatic N) is 2.